The summed E-state index contributed by atoms with van der Waals surface area (Å²) in [4.78, 5) is 6.80. The SMILES string of the molecule is CN=C(NCCCc1ccccc1)NC1CCN(c2ccccc2)C1.I. The van der Waals surface area contributed by atoms with Gasteiger partial charge in [0.05, 0.1) is 0 Å². The average molecular weight is 464 g/mol. The Kier molecular flexibility index (Phi) is 8.74. The number of nitrogens with zero attached hydrogens (tertiary/aromatic N) is 2. The lowest BCUT2D eigenvalue weighted by molar-refractivity contribution is 0.643. The van der Waals surface area contributed by atoms with Crippen molar-refractivity contribution >= 4 is 35.6 Å². The molecule has 2 N–H and O–H groups in total. The molecule has 4 nitrogen and oxygen atoms in total. The van der Waals surface area contributed by atoms with Crippen LogP contribution in [0.4, 0.5) is 5.69 Å². The smallest absolute Gasteiger partial charge is 0.191 e. The van der Waals surface area contributed by atoms with Gasteiger partial charge >= 0.3 is 0 Å². The van der Waals surface area contributed by atoms with Gasteiger partial charge in [0, 0.05) is 38.4 Å². The van der Waals surface area contributed by atoms with Crippen LogP contribution < -0.4 is 15.5 Å². The summed E-state index contributed by atoms with van der Waals surface area (Å²) >= 11 is 0. The van der Waals surface area contributed by atoms with E-state index in [1.54, 1.807) is 0 Å². The molecular formula is C21H29IN4. The second kappa shape index (κ2) is 11.1. The monoisotopic (exact) mass is 464 g/mol. The van der Waals surface area contributed by atoms with Crippen LogP contribution in [0, 0.1) is 0 Å². The number of guanidine groups is 1. The van der Waals surface area contributed by atoms with Crippen molar-refractivity contribution in [3.8, 4) is 0 Å². The molecule has 5 heteroatoms. The molecule has 140 valence electrons. The number of aryl methyl sites for hydroxylation is 1. The van der Waals surface area contributed by atoms with Gasteiger partial charge in [-0.15, -0.1) is 24.0 Å². The quantitative estimate of drug-likeness (QED) is 0.297. The first-order chi connectivity index (χ1) is 12.3. The molecule has 0 aromatic heterocycles. The molecule has 0 radical (unpaired) electrons. The molecule has 1 atom stereocenters. The fourth-order valence-electron chi connectivity index (χ4n) is 3.28. The van der Waals surface area contributed by atoms with Gasteiger partial charge in [-0.1, -0.05) is 48.5 Å². The highest BCUT2D eigenvalue weighted by Gasteiger charge is 2.23. The molecule has 2 aromatic carbocycles. The molecule has 1 fully saturated rings. The first-order valence-corrected chi connectivity index (χ1v) is 9.16. The van der Waals surface area contributed by atoms with Crippen molar-refractivity contribution in [3.05, 3.63) is 66.2 Å². The number of para-hydroxylation sites is 1. The lowest BCUT2D eigenvalue weighted by atomic mass is 10.1. The predicted molar refractivity (Wildman–Crippen MR) is 122 cm³/mol. The van der Waals surface area contributed by atoms with Gasteiger partial charge in [0.2, 0.25) is 0 Å². The van der Waals surface area contributed by atoms with E-state index in [2.05, 4.69) is 81.2 Å². The van der Waals surface area contributed by atoms with Gasteiger partial charge in [0.25, 0.3) is 0 Å². The zero-order valence-electron chi connectivity index (χ0n) is 15.4. The van der Waals surface area contributed by atoms with Crippen molar-refractivity contribution in [3.63, 3.8) is 0 Å². The van der Waals surface area contributed by atoms with E-state index in [0.717, 1.165) is 44.9 Å². The average Bonchev–Trinajstić information content (AvgIpc) is 3.14. The lowest BCUT2D eigenvalue weighted by Crippen LogP contribution is -2.44. The van der Waals surface area contributed by atoms with Gasteiger partial charge in [-0.05, 0) is 37.0 Å². The molecule has 1 saturated heterocycles. The van der Waals surface area contributed by atoms with E-state index in [-0.39, 0.29) is 24.0 Å². The number of rotatable bonds is 6. The second-order valence-electron chi connectivity index (χ2n) is 6.50. The molecule has 1 aliphatic rings. The minimum Gasteiger partial charge on any atom is -0.369 e. The van der Waals surface area contributed by atoms with E-state index >= 15 is 0 Å². The van der Waals surface area contributed by atoms with E-state index < -0.39 is 0 Å². The van der Waals surface area contributed by atoms with E-state index in [4.69, 9.17) is 0 Å². The van der Waals surface area contributed by atoms with E-state index in [0.29, 0.717) is 6.04 Å². The molecule has 0 aliphatic carbocycles. The van der Waals surface area contributed by atoms with Crippen LogP contribution in [0.15, 0.2) is 65.7 Å². The van der Waals surface area contributed by atoms with Gasteiger partial charge in [0.1, 0.15) is 0 Å². The highest BCUT2D eigenvalue weighted by molar-refractivity contribution is 14.0. The van der Waals surface area contributed by atoms with Crippen molar-refractivity contribution in [2.24, 2.45) is 4.99 Å². The summed E-state index contributed by atoms with van der Waals surface area (Å²) in [6.45, 7) is 3.05. The van der Waals surface area contributed by atoms with E-state index in [1.807, 2.05) is 7.05 Å². The summed E-state index contributed by atoms with van der Waals surface area (Å²) in [6.07, 6.45) is 3.33. The molecule has 26 heavy (non-hydrogen) atoms. The van der Waals surface area contributed by atoms with Gasteiger partial charge < -0.3 is 15.5 Å². The molecule has 0 amide bonds. The first-order valence-electron chi connectivity index (χ1n) is 9.16. The number of halogens is 1. The van der Waals surface area contributed by atoms with Crippen LogP contribution in [0.3, 0.4) is 0 Å². The van der Waals surface area contributed by atoms with Crippen molar-refractivity contribution in [1.29, 1.82) is 0 Å². The molecular weight excluding hydrogens is 435 g/mol. The van der Waals surface area contributed by atoms with E-state index in [1.165, 1.54) is 11.3 Å². The number of anilines is 1. The van der Waals surface area contributed by atoms with Crippen LogP contribution in [-0.2, 0) is 6.42 Å². The van der Waals surface area contributed by atoms with Crippen molar-refractivity contribution in [1.82, 2.24) is 10.6 Å². The van der Waals surface area contributed by atoms with Crippen LogP contribution in [0.25, 0.3) is 0 Å². The fourth-order valence-corrected chi connectivity index (χ4v) is 3.28. The predicted octanol–water partition coefficient (Wildman–Crippen LogP) is 3.68. The Hall–Kier alpha value is -1.76. The first kappa shape index (κ1) is 20.6. The molecule has 1 aliphatic heterocycles. The normalized spacial score (nSPS) is 16.9. The van der Waals surface area contributed by atoms with Crippen molar-refractivity contribution in [2.45, 2.75) is 25.3 Å². The lowest BCUT2D eigenvalue weighted by Gasteiger charge is -2.20. The van der Waals surface area contributed by atoms with Crippen LogP contribution >= 0.6 is 24.0 Å². The molecule has 0 saturated carbocycles. The van der Waals surface area contributed by atoms with Gasteiger partial charge in [-0.3, -0.25) is 4.99 Å². The third kappa shape index (κ3) is 6.20. The van der Waals surface area contributed by atoms with Crippen LogP contribution in [0.5, 0.6) is 0 Å². The second-order valence-corrected chi connectivity index (χ2v) is 6.50. The Labute approximate surface area is 174 Å². The molecule has 3 rings (SSSR count). The van der Waals surface area contributed by atoms with E-state index in [9.17, 15) is 0 Å². The maximum Gasteiger partial charge on any atom is 0.191 e. The maximum atomic E-state index is 4.37. The highest BCUT2D eigenvalue weighted by atomic mass is 127. The zero-order valence-corrected chi connectivity index (χ0v) is 17.7. The van der Waals surface area contributed by atoms with Gasteiger partial charge in [-0.25, -0.2) is 0 Å². The minimum atomic E-state index is 0. The van der Waals surface area contributed by atoms with Gasteiger partial charge in [-0.2, -0.15) is 0 Å². The Morgan fingerprint density at radius 3 is 2.46 bits per heavy atom. The van der Waals surface area contributed by atoms with Crippen LogP contribution in [0.2, 0.25) is 0 Å². The standard InChI is InChI=1S/C21H28N4.HI/c1-22-21(23-15-8-11-18-9-4-2-5-10-18)24-19-14-16-25(17-19)20-12-6-3-7-13-20;/h2-7,9-10,12-13,19H,8,11,14-17H2,1H3,(H2,22,23,24);1H. The summed E-state index contributed by atoms with van der Waals surface area (Å²) in [5.74, 6) is 0.910. The summed E-state index contributed by atoms with van der Waals surface area (Å²) in [5, 5.41) is 7.00. The Bertz CT molecular complexity index is 660. The number of benzene rings is 2. The Balaban J connectivity index is 0.00000243. The Morgan fingerprint density at radius 1 is 1.08 bits per heavy atom. The Morgan fingerprint density at radius 2 is 1.77 bits per heavy atom. The summed E-state index contributed by atoms with van der Waals surface area (Å²) in [6, 6.07) is 21.7. The number of nitrogens with one attached hydrogen (secondary N) is 2. The zero-order chi connectivity index (χ0) is 17.3. The maximum absolute atomic E-state index is 4.37. The molecule has 2 aromatic rings. The molecule has 1 heterocycles. The summed E-state index contributed by atoms with van der Waals surface area (Å²) in [7, 11) is 1.84. The topological polar surface area (TPSA) is 39.7 Å². The summed E-state index contributed by atoms with van der Waals surface area (Å²) in [5.41, 5.74) is 2.69. The minimum absolute atomic E-state index is 0. The third-order valence-electron chi connectivity index (χ3n) is 4.65. The molecule has 0 spiro atoms. The molecule has 0 bridgehead atoms. The van der Waals surface area contributed by atoms with Crippen molar-refractivity contribution in [2.75, 3.05) is 31.6 Å². The number of aliphatic imine (C=N–C) groups is 1. The van der Waals surface area contributed by atoms with Crippen molar-refractivity contribution < 1.29 is 0 Å². The number of hydrogen-bond acceptors (Lipinski definition) is 2. The van der Waals surface area contributed by atoms with Crippen LogP contribution in [-0.4, -0.2) is 38.7 Å². The third-order valence-corrected chi connectivity index (χ3v) is 4.65. The largest absolute Gasteiger partial charge is 0.369 e. The number of hydrogen-bond donors (Lipinski definition) is 2. The fraction of sp³-hybridized carbons (Fsp3) is 0.381. The summed E-state index contributed by atoms with van der Waals surface area (Å²) < 4.78 is 0. The molecule has 1 unspecified atom stereocenters. The van der Waals surface area contributed by atoms with Gasteiger partial charge in [0.15, 0.2) is 5.96 Å². The highest BCUT2D eigenvalue weighted by Crippen LogP contribution is 2.19. The van der Waals surface area contributed by atoms with Crippen LogP contribution in [0.1, 0.15) is 18.4 Å².